The summed E-state index contributed by atoms with van der Waals surface area (Å²) in [5, 5.41) is 0. The Morgan fingerprint density at radius 2 is 2.00 bits per heavy atom. The first-order valence-electron chi connectivity index (χ1n) is 4.62. The van der Waals surface area contributed by atoms with E-state index in [9.17, 15) is 4.79 Å². The highest BCUT2D eigenvalue weighted by atomic mass is 28.2. The Labute approximate surface area is 81.2 Å². The zero-order chi connectivity index (χ0) is 9.94. The second kappa shape index (κ2) is 9.60. The van der Waals surface area contributed by atoms with E-state index in [0.717, 1.165) is 6.04 Å². The number of rotatable bonds is 8. The van der Waals surface area contributed by atoms with Crippen molar-refractivity contribution in [2.45, 2.75) is 25.8 Å². The summed E-state index contributed by atoms with van der Waals surface area (Å²) in [6.07, 6.45) is 1.52. The highest BCUT2D eigenvalue weighted by molar-refractivity contribution is 6.36. The molecule has 0 aliphatic carbocycles. The van der Waals surface area contributed by atoms with E-state index in [0.29, 0.717) is 19.8 Å². The van der Waals surface area contributed by atoms with Gasteiger partial charge in [0.1, 0.15) is 5.91 Å². The molecule has 0 saturated carbocycles. The van der Waals surface area contributed by atoms with Gasteiger partial charge in [0.2, 0.25) is 6.08 Å². The fourth-order valence-electron chi connectivity index (χ4n) is 0.969. The summed E-state index contributed by atoms with van der Waals surface area (Å²) in [5.41, 5.74) is 0. The number of aliphatic imine (C=N–C) groups is 1. The lowest BCUT2D eigenvalue weighted by Gasteiger charge is -2.15. The molecule has 0 saturated heterocycles. The van der Waals surface area contributed by atoms with Crippen molar-refractivity contribution >= 4 is 15.6 Å². The minimum absolute atomic E-state index is 0.0168. The van der Waals surface area contributed by atoms with Crippen LogP contribution in [0.15, 0.2) is 4.99 Å². The zero-order valence-electron chi connectivity index (χ0n) is 8.28. The first-order chi connectivity index (χ1) is 6.35. The number of carbonyl (C=O) groups excluding carboxylic acids is 1. The Morgan fingerprint density at radius 1 is 1.38 bits per heavy atom. The van der Waals surface area contributed by atoms with Gasteiger partial charge in [-0.05, 0) is 19.9 Å². The third-order valence-corrected chi connectivity index (χ3v) is 3.15. The van der Waals surface area contributed by atoms with Crippen molar-refractivity contribution in [3.05, 3.63) is 0 Å². The summed E-state index contributed by atoms with van der Waals surface area (Å²) in [4.78, 5) is 13.2. The van der Waals surface area contributed by atoms with E-state index in [1.54, 1.807) is 0 Å². The lowest BCUT2D eigenvalue weighted by Crippen LogP contribution is -2.24. The van der Waals surface area contributed by atoms with Gasteiger partial charge in [-0.2, -0.15) is 0 Å². The summed E-state index contributed by atoms with van der Waals surface area (Å²) in [6.45, 7) is 5.81. The molecule has 0 unspecified atom stereocenters. The van der Waals surface area contributed by atoms with Gasteiger partial charge in [-0.1, -0.05) is 0 Å². The van der Waals surface area contributed by atoms with Gasteiger partial charge in [-0.3, -0.25) is 0 Å². The highest BCUT2D eigenvalue weighted by Crippen LogP contribution is 1.96. The van der Waals surface area contributed by atoms with Crippen molar-refractivity contribution in [3.8, 4) is 0 Å². The molecule has 0 fully saturated rings. The standard InChI is InChI=1S/C8H17NO3Si/c1-3-11-8(12-4-2)13-6-5-9-7-10/h8H,3-6,13H2,1-2H3. The zero-order valence-corrected chi connectivity index (χ0v) is 9.70. The van der Waals surface area contributed by atoms with Crippen LogP contribution in [0.3, 0.4) is 0 Å². The van der Waals surface area contributed by atoms with Crippen LogP contribution < -0.4 is 0 Å². The molecule has 0 amide bonds. The Morgan fingerprint density at radius 3 is 2.46 bits per heavy atom. The van der Waals surface area contributed by atoms with E-state index in [2.05, 4.69) is 4.99 Å². The van der Waals surface area contributed by atoms with Gasteiger partial charge in [0.15, 0.2) is 0 Å². The Balaban J connectivity index is 3.48. The van der Waals surface area contributed by atoms with Crippen LogP contribution in [0.2, 0.25) is 6.04 Å². The number of nitrogens with zero attached hydrogens (tertiary/aromatic N) is 1. The summed E-state index contributed by atoms with van der Waals surface area (Å²) in [5.74, 6) is -0.0168. The molecule has 0 aliphatic rings. The molecule has 0 aromatic carbocycles. The number of ether oxygens (including phenoxy) is 2. The van der Waals surface area contributed by atoms with Gasteiger partial charge in [0, 0.05) is 19.8 Å². The summed E-state index contributed by atoms with van der Waals surface area (Å²) in [7, 11) is -0.434. The number of hydrogen-bond acceptors (Lipinski definition) is 4. The van der Waals surface area contributed by atoms with Crippen LogP contribution in [-0.4, -0.2) is 41.3 Å². The lowest BCUT2D eigenvalue weighted by atomic mass is 10.8. The van der Waals surface area contributed by atoms with Crippen molar-refractivity contribution < 1.29 is 14.3 Å². The molecule has 0 bridgehead atoms. The van der Waals surface area contributed by atoms with Crippen LogP contribution in [0.4, 0.5) is 0 Å². The molecule has 4 nitrogen and oxygen atoms in total. The largest absolute Gasteiger partial charge is 0.357 e. The third kappa shape index (κ3) is 7.86. The van der Waals surface area contributed by atoms with Crippen LogP contribution >= 0.6 is 0 Å². The van der Waals surface area contributed by atoms with Crippen molar-refractivity contribution in [1.82, 2.24) is 0 Å². The molecule has 0 heterocycles. The summed E-state index contributed by atoms with van der Waals surface area (Å²) < 4.78 is 10.7. The van der Waals surface area contributed by atoms with Gasteiger partial charge in [-0.25, -0.2) is 9.79 Å². The van der Waals surface area contributed by atoms with E-state index in [1.807, 2.05) is 13.8 Å². The summed E-state index contributed by atoms with van der Waals surface area (Å²) in [6, 6.07) is 0.930. The second-order valence-electron chi connectivity index (χ2n) is 2.46. The molecule has 0 aromatic rings. The molecule has 0 atom stereocenters. The minimum Gasteiger partial charge on any atom is -0.357 e. The Bertz CT molecular complexity index is 153. The topological polar surface area (TPSA) is 47.9 Å². The van der Waals surface area contributed by atoms with Crippen molar-refractivity contribution in [2.75, 3.05) is 19.8 Å². The van der Waals surface area contributed by atoms with E-state index < -0.39 is 9.52 Å². The molecule has 76 valence electrons. The first kappa shape index (κ1) is 12.5. The Hall–Kier alpha value is -0.483. The SMILES string of the molecule is CCOC(OCC)[SiH2]CCN=C=O. The average Bonchev–Trinajstić information content (AvgIpc) is 2.13. The molecular formula is C8H17NO3Si. The molecule has 0 N–H and O–H groups in total. The number of isocyanates is 1. The third-order valence-electron chi connectivity index (χ3n) is 1.48. The highest BCUT2D eigenvalue weighted by Gasteiger charge is 2.06. The fourth-order valence-corrected chi connectivity index (χ4v) is 2.45. The van der Waals surface area contributed by atoms with Crippen LogP contribution in [0.5, 0.6) is 0 Å². The fraction of sp³-hybridized carbons (Fsp3) is 0.875. The molecule has 0 spiro atoms. The first-order valence-corrected chi connectivity index (χ1v) is 6.43. The van der Waals surface area contributed by atoms with E-state index in [1.165, 1.54) is 6.08 Å². The summed E-state index contributed by atoms with van der Waals surface area (Å²) >= 11 is 0. The molecular weight excluding hydrogens is 186 g/mol. The van der Waals surface area contributed by atoms with Crippen molar-refractivity contribution in [1.29, 1.82) is 0 Å². The monoisotopic (exact) mass is 203 g/mol. The van der Waals surface area contributed by atoms with Crippen LogP contribution in [0.25, 0.3) is 0 Å². The quantitative estimate of drug-likeness (QED) is 0.187. The van der Waals surface area contributed by atoms with Crippen molar-refractivity contribution in [3.63, 3.8) is 0 Å². The minimum atomic E-state index is -0.434. The van der Waals surface area contributed by atoms with E-state index >= 15 is 0 Å². The predicted octanol–water partition coefficient (Wildman–Crippen LogP) is 0.266. The molecule has 0 rings (SSSR count). The van der Waals surface area contributed by atoms with Crippen LogP contribution in [0.1, 0.15) is 13.8 Å². The predicted molar refractivity (Wildman–Crippen MR) is 53.4 cm³/mol. The maximum Gasteiger partial charge on any atom is 0.234 e. The normalized spacial score (nSPS) is 11.0. The van der Waals surface area contributed by atoms with E-state index in [-0.39, 0.29) is 5.91 Å². The maximum atomic E-state index is 9.76. The molecule has 0 aromatic heterocycles. The average molecular weight is 203 g/mol. The van der Waals surface area contributed by atoms with Gasteiger partial charge < -0.3 is 9.47 Å². The second-order valence-corrected chi connectivity index (χ2v) is 4.41. The van der Waals surface area contributed by atoms with E-state index in [4.69, 9.17) is 9.47 Å². The lowest BCUT2D eigenvalue weighted by molar-refractivity contribution is -0.0827. The molecule has 0 radical (unpaired) electrons. The Kier molecular flexibility index (Phi) is 9.25. The van der Waals surface area contributed by atoms with Gasteiger partial charge in [0.05, 0.1) is 9.52 Å². The van der Waals surface area contributed by atoms with Gasteiger partial charge >= 0.3 is 0 Å². The van der Waals surface area contributed by atoms with Crippen molar-refractivity contribution in [2.24, 2.45) is 4.99 Å². The molecule has 0 aliphatic heterocycles. The smallest absolute Gasteiger partial charge is 0.234 e. The van der Waals surface area contributed by atoms with Crippen LogP contribution in [-0.2, 0) is 14.3 Å². The molecule has 5 heteroatoms. The molecule has 13 heavy (non-hydrogen) atoms. The maximum absolute atomic E-state index is 9.76. The van der Waals surface area contributed by atoms with Gasteiger partial charge in [0.25, 0.3) is 0 Å². The van der Waals surface area contributed by atoms with Crippen LogP contribution in [0, 0.1) is 0 Å². The van der Waals surface area contributed by atoms with Gasteiger partial charge in [-0.15, -0.1) is 0 Å². The number of hydrogen-bond donors (Lipinski definition) is 0.